The van der Waals surface area contributed by atoms with Crippen molar-refractivity contribution in [2.75, 3.05) is 0 Å². The second-order valence-corrected chi connectivity index (χ2v) is 11.6. The van der Waals surface area contributed by atoms with E-state index in [-0.39, 0.29) is 0 Å². The molecule has 214 valence electrons. The third-order valence-corrected chi connectivity index (χ3v) is 8.71. The molecule has 0 saturated carbocycles. The zero-order valence-corrected chi connectivity index (χ0v) is 24.8. The van der Waals surface area contributed by atoms with E-state index in [2.05, 4.69) is 143 Å². The Bertz CT molecular complexity index is 2430. The molecule has 0 bridgehead atoms. The van der Waals surface area contributed by atoms with Gasteiger partial charge in [-0.25, -0.2) is 9.97 Å². The van der Waals surface area contributed by atoms with Gasteiger partial charge in [-0.2, -0.15) is 0 Å². The molecule has 4 nitrogen and oxygen atoms in total. The van der Waals surface area contributed by atoms with Crippen molar-refractivity contribution in [2.45, 2.75) is 0 Å². The molecule has 0 aliphatic heterocycles. The first-order chi connectivity index (χ1) is 22.8. The van der Waals surface area contributed by atoms with Crippen LogP contribution in [0.3, 0.4) is 0 Å². The summed E-state index contributed by atoms with van der Waals surface area (Å²) in [4.78, 5) is 19.4. The van der Waals surface area contributed by atoms with Crippen molar-refractivity contribution in [1.82, 2.24) is 19.9 Å². The summed E-state index contributed by atoms with van der Waals surface area (Å²) in [6, 6.07) is 50.9. The van der Waals surface area contributed by atoms with Gasteiger partial charge >= 0.3 is 0 Å². The van der Waals surface area contributed by atoms with E-state index in [1.807, 2.05) is 24.5 Å². The predicted octanol–water partition coefficient (Wildman–Crippen LogP) is 10.5. The molecule has 0 aliphatic rings. The summed E-state index contributed by atoms with van der Waals surface area (Å²) in [6.45, 7) is 0. The Balaban J connectivity index is 1.07. The van der Waals surface area contributed by atoms with Crippen molar-refractivity contribution in [1.29, 1.82) is 0 Å². The molecular weight excluding hydrogens is 560 g/mol. The minimum Gasteiger partial charge on any atom is -0.254 e. The molecule has 0 unspecified atom stereocenters. The van der Waals surface area contributed by atoms with Crippen LogP contribution in [0.2, 0.25) is 0 Å². The quantitative estimate of drug-likeness (QED) is 0.193. The van der Waals surface area contributed by atoms with E-state index >= 15 is 0 Å². The maximum Gasteiger partial charge on any atom is 0.0972 e. The first kappa shape index (κ1) is 26.2. The molecule has 4 heteroatoms. The van der Waals surface area contributed by atoms with Crippen molar-refractivity contribution in [3.8, 4) is 44.8 Å². The lowest BCUT2D eigenvalue weighted by Gasteiger charge is -2.10. The van der Waals surface area contributed by atoms with E-state index in [4.69, 9.17) is 9.97 Å². The van der Waals surface area contributed by atoms with Crippen molar-refractivity contribution >= 4 is 43.6 Å². The standard InChI is InChI=1S/C42H26N4/c1-6-31(33-8-2-10-35(25-33)37-20-18-29-16-14-27-12-4-22-43-39(27)41(29)45-37)24-32(7-1)34-9-3-11-36(26-34)38-21-19-30-17-15-28-13-5-23-44-40(28)42(30)46-38/h1-26H. The normalized spacial score (nSPS) is 11.5. The number of hydrogen-bond donors (Lipinski definition) is 0. The predicted molar refractivity (Wildman–Crippen MR) is 189 cm³/mol. The number of aromatic nitrogens is 4. The molecule has 0 N–H and O–H groups in total. The summed E-state index contributed by atoms with van der Waals surface area (Å²) in [5.74, 6) is 0. The molecule has 4 aromatic heterocycles. The summed E-state index contributed by atoms with van der Waals surface area (Å²) < 4.78 is 0. The van der Waals surface area contributed by atoms with Crippen LogP contribution in [0.15, 0.2) is 158 Å². The Kier molecular flexibility index (Phi) is 6.10. The van der Waals surface area contributed by atoms with Gasteiger partial charge in [0.05, 0.1) is 33.5 Å². The largest absolute Gasteiger partial charge is 0.254 e. The van der Waals surface area contributed by atoms with E-state index in [0.29, 0.717) is 0 Å². The van der Waals surface area contributed by atoms with Crippen LogP contribution < -0.4 is 0 Å². The van der Waals surface area contributed by atoms with Crippen LogP contribution in [0.25, 0.3) is 88.4 Å². The number of benzene rings is 5. The first-order valence-electron chi connectivity index (χ1n) is 15.4. The number of rotatable bonds is 4. The van der Waals surface area contributed by atoms with Crippen LogP contribution in [-0.2, 0) is 0 Å². The van der Waals surface area contributed by atoms with Gasteiger partial charge in [0, 0.05) is 45.1 Å². The monoisotopic (exact) mass is 586 g/mol. The Morgan fingerprint density at radius 3 is 1.07 bits per heavy atom. The SMILES string of the molecule is c1cc(-c2cccc(-c3ccc4ccc5cccnc5c4n3)c2)cc(-c2cccc(-c3ccc4ccc5cccnc5c4n3)c2)c1. The molecule has 9 aromatic rings. The van der Waals surface area contributed by atoms with E-state index in [1.54, 1.807) is 0 Å². The molecule has 0 fully saturated rings. The van der Waals surface area contributed by atoms with Crippen LogP contribution in [0, 0.1) is 0 Å². The highest BCUT2D eigenvalue weighted by Gasteiger charge is 2.10. The molecule has 0 amide bonds. The van der Waals surface area contributed by atoms with Crippen LogP contribution in [0.1, 0.15) is 0 Å². The molecular formula is C42H26N4. The van der Waals surface area contributed by atoms with Gasteiger partial charge < -0.3 is 0 Å². The average Bonchev–Trinajstić information content (AvgIpc) is 3.14. The third-order valence-electron chi connectivity index (χ3n) is 8.71. The highest BCUT2D eigenvalue weighted by molar-refractivity contribution is 6.04. The zero-order valence-electron chi connectivity index (χ0n) is 24.8. The third kappa shape index (κ3) is 4.56. The van der Waals surface area contributed by atoms with Crippen molar-refractivity contribution in [2.24, 2.45) is 0 Å². The fourth-order valence-corrected chi connectivity index (χ4v) is 6.36. The summed E-state index contributed by atoms with van der Waals surface area (Å²) in [7, 11) is 0. The summed E-state index contributed by atoms with van der Waals surface area (Å²) in [5.41, 5.74) is 12.3. The molecule has 0 aliphatic carbocycles. The fraction of sp³-hybridized carbons (Fsp3) is 0. The van der Waals surface area contributed by atoms with Gasteiger partial charge in [0.25, 0.3) is 0 Å². The van der Waals surface area contributed by atoms with Crippen molar-refractivity contribution in [3.63, 3.8) is 0 Å². The molecule has 0 radical (unpaired) electrons. The number of nitrogens with zero attached hydrogens (tertiary/aromatic N) is 4. The molecule has 4 heterocycles. The lowest BCUT2D eigenvalue weighted by Crippen LogP contribution is -1.90. The van der Waals surface area contributed by atoms with Gasteiger partial charge in [-0.1, -0.05) is 103 Å². The lowest BCUT2D eigenvalue weighted by molar-refractivity contribution is 1.37. The summed E-state index contributed by atoms with van der Waals surface area (Å²) in [6.07, 6.45) is 3.66. The van der Waals surface area contributed by atoms with Crippen molar-refractivity contribution < 1.29 is 0 Å². The van der Waals surface area contributed by atoms with Crippen LogP contribution in [0.4, 0.5) is 0 Å². The van der Waals surface area contributed by atoms with Gasteiger partial charge in [-0.05, 0) is 64.7 Å². The van der Waals surface area contributed by atoms with E-state index in [0.717, 1.165) is 88.4 Å². The Labute approximate surface area is 265 Å². The second kappa shape index (κ2) is 10.7. The maximum absolute atomic E-state index is 5.08. The number of hydrogen-bond acceptors (Lipinski definition) is 4. The Morgan fingerprint density at radius 2 is 0.630 bits per heavy atom. The number of fused-ring (bicyclic) bond motifs is 6. The average molecular weight is 587 g/mol. The summed E-state index contributed by atoms with van der Waals surface area (Å²) in [5, 5.41) is 4.36. The summed E-state index contributed by atoms with van der Waals surface area (Å²) >= 11 is 0. The topological polar surface area (TPSA) is 51.6 Å². The molecule has 9 rings (SSSR count). The lowest BCUT2D eigenvalue weighted by atomic mass is 9.96. The zero-order chi connectivity index (χ0) is 30.5. The van der Waals surface area contributed by atoms with Crippen LogP contribution in [-0.4, -0.2) is 19.9 Å². The molecule has 5 aromatic carbocycles. The molecule has 0 saturated heterocycles. The molecule has 0 spiro atoms. The second-order valence-electron chi connectivity index (χ2n) is 11.6. The van der Waals surface area contributed by atoms with E-state index in [1.165, 1.54) is 0 Å². The molecule has 0 atom stereocenters. The van der Waals surface area contributed by atoms with Gasteiger partial charge in [-0.3, -0.25) is 9.97 Å². The first-order valence-corrected chi connectivity index (χ1v) is 15.4. The van der Waals surface area contributed by atoms with E-state index < -0.39 is 0 Å². The highest BCUT2D eigenvalue weighted by atomic mass is 14.8. The van der Waals surface area contributed by atoms with Gasteiger partial charge in [0.1, 0.15) is 0 Å². The van der Waals surface area contributed by atoms with Gasteiger partial charge in [0.15, 0.2) is 0 Å². The van der Waals surface area contributed by atoms with Gasteiger partial charge in [0.2, 0.25) is 0 Å². The Morgan fingerprint density at radius 1 is 0.283 bits per heavy atom. The van der Waals surface area contributed by atoms with E-state index in [9.17, 15) is 0 Å². The minimum absolute atomic E-state index is 0.924. The number of pyridine rings is 4. The molecule has 46 heavy (non-hydrogen) atoms. The maximum atomic E-state index is 5.08. The highest BCUT2D eigenvalue weighted by Crippen LogP contribution is 2.33. The minimum atomic E-state index is 0.924. The Hall–Kier alpha value is -6.26. The van der Waals surface area contributed by atoms with Crippen molar-refractivity contribution in [3.05, 3.63) is 158 Å². The fourth-order valence-electron chi connectivity index (χ4n) is 6.36. The van der Waals surface area contributed by atoms with Gasteiger partial charge in [-0.15, -0.1) is 0 Å². The van der Waals surface area contributed by atoms with Crippen LogP contribution >= 0.6 is 0 Å². The van der Waals surface area contributed by atoms with Crippen LogP contribution in [0.5, 0.6) is 0 Å². The smallest absolute Gasteiger partial charge is 0.0972 e.